The van der Waals surface area contributed by atoms with Crippen LogP contribution in [0.5, 0.6) is 11.5 Å². The molecule has 31 heavy (non-hydrogen) atoms. The van der Waals surface area contributed by atoms with E-state index in [1.807, 2.05) is 12.3 Å². The number of hydrogen-bond acceptors (Lipinski definition) is 4. The summed E-state index contributed by atoms with van der Waals surface area (Å²) in [6.07, 6.45) is -1.76. The van der Waals surface area contributed by atoms with Gasteiger partial charge >= 0.3 is 6.18 Å². The largest absolute Gasteiger partial charge is 0.457 e. The first kappa shape index (κ1) is 22.0. The van der Waals surface area contributed by atoms with E-state index in [1.54, 1.807) is 37.4 Å². The monoisotopic (exact) mass is 427 g/mol. The molecule has 0 atom stereocenters. The highest BCUT2D eigenvalue weighted by molar-refractivity contribution is 5.99. The van der Waals surface area contributed by atoms with Crippen LogP contribution in [0.2, 0.25) is 0 Å². The third-order valence-electron chi connectivity index (χ3n) is 4.64. The van der Waals surface area contributed by atoms with Gasteiger partial charge in [-0.2, -0.15) is 18.4 Å². The molecule has 3 aromatic carbocycles. The zero-order valence-electron chi connectivity index (χ0n) is 16.7. The summed E-state index contributed by atoms with van der Waals surface area (Å²) in [5, 5.41) is 13.0. The van der Waals surface area contributed by atoms with Crippen LogP contribution in [0.25, 0.3) is 10.8 Å². The molecule has 0 saturated carbocycles. The lowest BCUT2D eigenvalue weighted by molar-refractivity contribution is -0.137. The van der Waals surface area contributed by atoms with Gasteiger partial charge in [-0.15, -0.1) is 0 Å². The van der Waals surface area contributed by atoms with E-state index in [-0.39, 0.29) is 11.7 Å². The average Bonchev–Trinajstić information content (AvgIpc) is 2.76. The standard InChI is InChI=1S/C23H20F3N3O2/c1-29(15-27)13-3-12-28-22(30)17-6-11-20-16(14-17)4-2-5-21(20)31-19-9-7-18(8-10-19)23(24,25)26/h2,4-11,14H,3,12-13H2,1H3,(H,28,30). The number of carbonyl (C=O) groups is 1. The Bertz CT molecular complexity index is 1110. The maximum Gasteiger partial charge on any atom is 0.416 e. The summed E-state index contributed by atoms with van der Waals surface area (Å²) in [6, 6.07) is 14.9. The molecule has 5 nitrogen and oxygen atoms in total. The van der Waals surface area contributed by atoms with E-state index in [2.05, 4.69) is 5.32 Å². The number of fused-ring (bicyclic) bond motifs is 1. The minimum atomic E-state index is -4.40. The Balaban J connectivity index is 1.71. The van der Waals surface area contributed by atoms with Crippen molar-refractivity contribution in [2.75, 3.05) is 20.1 Å². The maximum absolute atomic E-state index is 12.7. The molecular weight excluding hydrogens is 407 g/mol. The molecule has 0 saturated heterocycles. The lowest BCUT2D eigenvalue weighted by Crippen LogP contribution is -2.26. The summed E-state index contributed by atoms with van der Waals surface area (Å²) >= 11 is 0. The number of halogens is 3. The number of nitriles is 1. The van der Waals surface area contributed by atoms with Crippen molar-refractivity contribution in [3.63, 3.8) is 0 Å². The van der Waals surface area contributed by atoms with Crippen molar-refractivity contribution in [1.82, 2.24) is 10.2 Å². The van der Waals surface area contributed by atoms with E-state index in [0.29, 0.717) is 30.8 Å². The molecule has 3 aromatic rings. The number of benzene rings is 3. The molecule has 3 rings (SSSR count). The third-order valence-corrected chi connectivity index (χ3v) is 4.64. The van der Waals surface area contributed by atoms with Gasteiger partial charge in [-0.3, -0.25) is 4.79 Å². The predicted octanol–water partition coefficient (Wildman–Crippen LogP) is 5.18. The van der Waals surface area contributed by atoms with Crippen LogP contribution in [0, 0.1) is 11.5 Å². The van der Waals surface area contributed by atoms with Crippen LogP contribution < -0.4 is 10.1 Å². The van der Waals surface area contributed by atoms with E-state index in [9.17, 15) is 18.0 Å². The summed E-state index contributed by atoms with van der Waals surface area (Å²) in [7, 11) is 1.68. The normalized spacial score (nSPS) is 11.1. The molecule has 0 heterocycles. The highest BCUT2D eigenvalue weighted by atomic mass is 19.4. The molecule has 0 unspecified atom stereocenters. The van der Waals surface area contributed by atoms with Gasteiger partial charge in [0.2, 0.25) is 0 Å². The number of hydrogen-bond donors (Lipinski definition) is 1. The Morgan fingerprint density at radius 1 is 1.13 bits per heavy atom. The maximum atomic E-state index is 12.7. The Labute approximate surface area is 177 Å². The summed E-state index contributed by atoms with van der Waals surface area (Å²) in [6.45, 7) is 0.999. The van der Waals surface area contributed by atoms with Crippen molar-refractivity contribution in [2.24, 2.45) is 0 Å². The fourth-order valence-corrected chi connectivity index (χ4v) is 2.99. The Kier molecular flexibility index (Phi) is 6.65. The van der Waals surface area contributed by atoms with Crippen LogP contribution in [0.3, 0.4) is 0 Å². The number of rotatable bonds is 7. The van der Waals surface area contributed by atoms with Crippen molar-refractivity contribution in [1.29, 1.82) is 5.26 Å². The first-order valence-corrected chi connectivity index (χ1v) is 9.55. The zero-order valence-corrected chi connectivity index (χ0v) is 16.7. The van der Waals surface area contributed by atoms with Crippen LogP contribution >= 0.6 is 0 Å². The van der Waals surface area contributed by atoms with Gasteiger partial charge in [0.1, 0.15) is 11.5 Å². The first-order chi connectivity index (χ1) is 14.8. The lowest BCUT2D eigenvalue weighted by atomic mass is 10.1. The SMILES string of the molecule is CN(C#N)CCCNC(=O)c1ccc2c(Oc3ccc(C(F)(F)F)cc3)cccc2c1. The summed E-state index contributed by atoms with van der Waals surface area (Å²) < 4.78 is 43.9. The molecule has 0 aliphatic carbocycles. The van der Waals surface area contributed by atoms with E-state index in [0.717, 1.165) is 22.9 Å². The fraction of sp³-hybridized carbons (Fsp3) is 0.217. The summed E-state index contributed by atoms with van der Waals surface area (Å²) in [4.78, 5) is 13.9. The number of nitrogens with one attached hydrogen (secondary N) is 1. The highest BCUT2D eigenvalue weighted by Crippen LogP contribution is 2.33. The second-order valence-electron chi connectivity index (χ2n) is 6.95. The van der Waals surface area contributed by atoms with E-state index < -0.39 is 11.7 Å². The van der Waals surface area contributed by atoms with Gasteiger partial charge in [-0.25, -0.2) is 0 Å². The van der Waals surface area contributed by atoms with E-state index in [1.165, 1.54) is 17.0 Å². The molecule has 0 fully saturated rings. The molecule has 0 radical (unpaired) electrons. The first-order valence-electron chi connectivity index (χ1n) is 9.55. The van der Waals surface area contributed by atoms with E-state index >= 15 is 0 Å². The number of ether oxygens (including phenoxy) is 1. The minimum Gasteiger partial charge on any atom is -0.457 e. The van der Waals surface area contributed by atoms with Gasteiger partial charge in [-0.05, 0) is 60.3 Å². The van der Waals surface area contributed by atoms with Gasteiger partial charge in [0, 0.05) is 31.1 Å². The smallest absolute Gasteiger partial charge is 0.416 e. The van der Waals surface area contributed by atoms with Gasteiger partial charge < -0.3 is 15.0 Å². The topological polar surface area (TPSA) is 65.4 Å². The van der Waals surface area contributed by atoms with Crippen molar-refractivity contribution in [3.8, 4) is 17.7 Å². The third kappa shape index (κ3) is 5.66. The van der Waals surface area contributed by atoms with Crippen molar-refractivity contribution in [2.45, 2.75) is 12.6 Å². The van der Waals surface area contributed by atoms with Crippen molar-refractivity contribution < 1.29 is 22.7 Å². The molecule has 0 bridgehead atoms. The molecule has 1 N–H and O–H groups in total. The molecule has 0 aliphatic rings. The number of alkyl halides is 3. The summed E-state index contributed by atoms with van der Waals surface area (Å²) in [5.74, 6) is 0.531. The van der Waals surface area contributed by atoms with Gasteiger partial charge in [0.25, 0.3) is 5.91 Å². The van der Waals surface area contributed by atoms with Crippen LogP contribution in [0.15, 0.2) is 60.7 Å². The number of nitrogens with zero attached hydrogens (tertiary/aromatic N) is 2. The second-order valence-corrected chi connectivity index (χ2v) is 6.95. The lowest BCUT2D eigenvalue weighted by Gasteiger charge is -2.12. The molecule has 1 amide bonds. The van der Waals surface area contributed by atoms with Gasteiger partial charge in [-0.1, -0.05) is 12.1 Å². The molecule has 8 heteroatoms. The van der Waals surface area contributed by atoms with E-state index in [4.69, 9.17) is 10.00 Å². The molecular formula is C23H20F3N3O2. The average molecular weight is 427 g/mol. The Hall–Kier alpha value is -3.73. The molecule has 160 valence electrons. The highest BCUT2D eigenvalue weighted by Gasteiger charge is 2.30. The zero-order chi connectivity index (χ0) is 22.4. The van der Waals surface area contributed by atoms with Gasteiger partial charge in [0.05, 0.1) is 5.56 Å². The van der Waals surface area contributed by atoms with Crippen LogP contribution in [-0.2, 0) is 6.18 Å². The van der Waals surface area contributed by atoms with Crippen LogP contribution in [0.1, 0.15) is 22.3 Å². The second kappa shape index (κ2) is 9.39. The van der Waals surface area contributed by atoms with Gasteiger partial charge in [0.15, 0.2) is 6.19 Å². The van der Waals surface area contributed by atoms with Crippen molar-refractivity contribution in [3.05, 3.63) is 71.8 Å². The summed E-state index contributed by atoms with van der Waals surface area (Å²) in [5.41, 5.74) is -0.263. The van der Waals surface area contributed by atoms with Crippen LogP contribution in [-0.4, -0.2) is 30.9 Å². The number of carbonyl (C=O) groups excluding carboxylic acids is 1. The van der Waals surface area contributed by atoms with Crippen LogP contribution in [0.4, 0.5) is 13.2 Å². The predicted molar refractivity (Wildman–Crippen MR) is 111 cm³/mol. The molecule has 0 aliphatic heterocycles. The Morgan fingerprint density at radius 3 is 2.55 bits per heavy atom. The molecule has 0 spiro atoms. The van der Waals surface area contributed by atoms with Crippen molar-refractivity contribution >= 4 is 16.7 Å². The fourth-order valence-electron chi connectivity index (χ4n) is 2.99. The minimum absolute atomic E-state index is 0.226. The number of amides is 1. The Morgan fingerprint density at radius 2 is 1.87 bits per heavy atom. The molecule has 0 aromatic heterocycles. The quantitative estimate of drug-likeness (QED) is 0.320.